The molecule has 1 N–H and O–H groups in total. The molecule has 2 atom stereocenters. The molecule has 0 radical (unpaired) electrons. The monoisotopic (exact) mass is 516 g/mol. The Morgan fingerprint density at radius 2 is 1.81 bits per heavy atom. The molecule has 1 aliphatic heterocycles. The van der Waals surface area contributed by atoms with Crippen molar-refractivity contribution in [2.75, 3.05) is 26.2 Å². The second-order valence-corrected chi connectivity index (χ2v) is 10.2. The summed E-state index contributed by atoms with van der Waals surface area (Å²) in [4.78, 5) is 17.4. The zero-order chi connectivity index (χ0) is 26.7. The van der Waals surface area contributed by atoms with Crippen LogP contribution in [0.1, 0.15) is 44.2 Å². The highest BCUT2D eigenvalue weighted by molar-refractivity contribution is 5.82. The van der Waals surface area contributed by atoms with Crippen LogP contribution in [0.25, 0.3) is 11.1 Å². The molecule has 9 heteroatoms. The van der Waals surface area contributed by atoms with Gasteiger partial charge in [-0.15, -0.1) is 0 Å². The number of nitriles is 1. The Labute approximate surface area is 215 Å². The highest BCUT2D eigenvalue weighted by Crippen LogP contribution is 2.37. The predicted octanol–water partition coefficient (Wildman–Crippen LogP) is 4.74. The molecule has 1 saturated carbocycles. The van der Waals surface area contributed by atoms with Crippen molar-refractivity contribution in [2.45, 2.75) is 63.6 Å². The number of nitrogens with zero attached hydrogens (tertiary/aromatic N) is 3. The summed E-state index contributed by atoms with van der Waals surface area (Å²) < 4.78 is 57.8. The average Bonchev–Trinajstić information content (AvgIpc) is 2.84. The van der Waals surface area contributed by atoms with Crippen LogP contribution >= 0.6 is 0 Å². The molecule has 1 heterocycles. The Hall–Kier alpha value is -2.96. The fourth-order valence-corrected chi connectivity index (χ4v) is 5.56. The zero-order valence-electron chi connectivity index (χ0n) is 21.1. The molecule has 0 spiro atoms. The maximum Gasteiger partial charge on any atom is 0.269 e. The van der Waals surface area contributed by atoms with Gasteiger partial charge in [-0.25, -0.2) is 17.6 Å². The fourth-order valence-electron chi connectivity index (χ4n) is 5.56. The molecule has 4 rings (SSSR count). The van der Waals surface area contributed by atoms with Crippen LogP contribution in [0.2, 0.25) is 0 Å². The maximum absolute atomic E-state index is 15.1. The Kier molecular flexibility index (Phi) is 8.20. The minimum Gasteiger partial charge on any atom is -0.345 e. The minimum atomic E-state index is -3.05. The number of carbonyl (C=O) groups is 1. The van der Waals surface area contributed by atoms with Gasteiger partial charge in [-0.05, 0) is 55.5 Å². The molecule has 1 amide bonds. The number of alkyl halides is 2. The lowest BCUT2D eigenvalue weighted by Crippen LogP contribution is -2.64. The van der Waals surface area contributed by atoms with E-state index in [0.29, 0.717) is 37.5 Å². The topological polar surface area (TPSA) is 59.4 Å². The highest BCUT2D eigenvalue weighted by atomic mass is 19.3. The van der Waals surface area contributed by atoms with E-state index in [4.69, 9.17) is 0 Å². The number of halogens is 4. The lowest BCUT2D eigenvalue weighted by atomic mass is 9.85. The van der Waals surface area contributed by atoms with Gasteiger partial charge >= 0.3 is 0 Å². The number of carbonyl (C=O) groups excluding carboxylic acids is 1. The van der Waals surface area contributed by atoms with Crippen LogP contribution in [0.15, 0.2) is 36.4 Å². The number of rotatable bonds is 6. The van der Waals surface area contributed by atoms with Crippen LogP contribution in [0.3, 0.4) is 0 Å². The van der Waals surface area contributed by atoms with Crippen LogP contribution in [-0.4, -0.2) is 65.9 Å². The zero-order valence-corrected chi connectivity index (χ0v) is 21.1. The van der Waals surface area contributed by atoms with Gasteiger partial charge in [-0.2, -0.15) is 5.26 Å². The summed E-state index contributed by atoms with van der Waals surface area (Å²) in [6.45, 7) is 7.14. The van der Waals surface area contributed by atoms with Crippen LogP contribution in [0, 0.1) is 23.0 Å². The second-order valence-electron chi connectivity index (χ2n) is 10.2. The van der Waals surface area contributed by atoms with Crippen molar-refractivity contribution >= 4 is 5.91 Å². The molecule has 0 bridgehead atoms. The summed E-state index contributed by atoms with van der Waals surface area (Å²) >= 11 is 0. The van der Waals surface area contributed by atoms with E-state index in [0.717, 1.165) is 31.3 Å². The van der Waals surface area contributed by atoms with Gasteiger partial charge in [-0.3, -0.25) is 14.6 Å². The number of benzene rings is 2. The maximum atomic E-state index is 15.1. The smallest absolute Gasteiger partial charge is 0.269 e. The Balaban J connectivity index is 1.53. The van der Waals surface area contributed by atoms with Crippen LogP contribution in [-0.2, 0) is 11.2 Å². The normalized spacial score (nSPS) is 22.5. The molecule has 2 aliphatic rings. The first-order chi connectivity index (χ1) is 17.6. The van der Waals surface area contributed by atoms with E-state index < -0.39 is 35.5 Å². The Morgan fingerprint density at radius 1 is 1.14 bits per heavy atom. The van der Waals surface area contributed by atoms with Gasteiger partial charge in [0.05, 0.1) is 12.0 Å². The standard InChI is InChI=1S/C28H32F4N4O/c1-18(2)35-9-11-36(12-10-35)25-7-4-8-28(31,32)27(25)34-26(37)15-19-5-3-6-23(24(19)17-33)20-13-21(29)16-22(30)14-20/h3,5-6,13-14,16,18,25,27H,4,7-12,15H2,1-2H3,(H,34,37)/t25-,27+/m0/s1. The van der Waals surface area contributed by atoms with Gasteiger partial charge in [0.2, 0.25) is 5.91 Å². The van der Waals surface area contributed by atoms with Gasteiger partial charge in [-0.1, -0.05) is 18.2 Å². The van der Waals surface area contributed by atoms with Crippen molar-refractivity contribution < 1.29 is 22.4 Å². The van der Waals surface area contributed by atoms with Crippen molar-refractivity contribution in [1.82, 2.24) is 15.1 Å². The predicted molar refractivity (Wildman–Crippen MR) is 133 cm³/mol. The second kappa shape index (κ2) is 11.2. The van der Waals surface area contributed by atoms with Crippen molar-refractivity contribution in [2.24, 2.45) is 0 Å². The fraction of sp³-hybridized carbons (Fsp3) is 0.500. The van der Waals surface area contributed by atoms with Gasteiger partial charge in [0.1, 0.15) is 23.7 Å². The van der Waals surface area contributed by atoms with Crippen LogP contribution < -0.4 is 5.32 Å². The van der Waals surface area contributed by atoms with Crippen LogP contribution in [0.5, 0.6) is 0 Å². The SMILES string of the molecule is CC(C)N1CCN([C@H]2CCCC(F)(F)[C@@H]2NC(=O)Cc2cccc(-c3cc(F)cc(F)c3)c2C#N)CC1. The highest BCUT2D eigenvalue weighted by Gasteiger charge is 2.49. The molecule has 2 fully saturated rings. The Bertz CT molecular complexity index is 1150. The number of nitrogens with one attached hydrogen (secondary N) is 1. The first-order valence-corrected chi connectivity index (χ1v) is 12.7. The van der Waals surface area contributed by atoms with Crippen LogP contribution in [0.4, 0.5) is 17.6 Å². The first kappa shape index (κ1) is 27.1. The van der Waals surface area contributed by atoms with Crippen molar-refractivity contribution in [1.29, 1.82) is 5.26 Å². The molecule has 2 aromatic carbocycles. The molecule has 198 valence electrons. The Morgan fingerprint density at radius 3 is 2.43 bits per heavy atom. The molecule has 1 saturated heterocycles. The summed E-state index contributed by atoms with van der Waals surface area (Å²) in [6.07, 6.45) is 0.380. The van der Waals surface area contributed by atoms with Gasteiger partial charge in [0, 0.05) is 50.7 Å². The minimum absolute atomic E-state index is 0.0828. The van der Waals surface area contributed by atoms with E-state index in [9.17, 15) is 18.8 Å². The molecular weight excluding hydrogens is 484 g/mol. The molecule has 1 aliphatic carbocycles. The first-order valence-electron chi connectivity index (χ1n) is 12.7. The lowest BCUT2D eigenvalue weighted by Gasteiger charge is -2.47. The van der Waals surface area contributed by atoms with E-state index >= 15 is 8.78 Å². The molecule has 0 unspecified atom stereocenters. The third kappa shape index (κ3) is 6.13. The van der Waals surface area contributed by atoms with E-state index in [1.807, 2.05) is 6.07 Å². The number of hydrogen-bond donors (Lipinski definition) is 1. The number of amides is 1. The van der Waals surface area contributed by atoms with Crippen molar-refractivity contribution in [3.8, 4) is 17.2 Å². The molecular formula is C28H32F4N4O. The lowest BCUT2D eigenvalue weighted by molar-refractivity contribution is -0.133. The molecule has 0 aromatic heterocycles. The van der Waals surface area contributed by atoms with Crippen molar-refractivity contribution in [3.05, 3.63) is 59.2 Å². The van der Waals surface area contributed by atoms with E-state index in [1.165, 1.54) is 6.07 Å². The molecule has 37 heavy (non-hydrogen) atoms. The van der Waals surface area contributed by atoms with E-state index in [1.54, 1.807) is 12.1 Å². The molecule has 2 aromatic rings. The van der Waals surface area contributed by atoms with Gasteiger partial charge < -0.3 is 5.32 Å². The summed E-state index contributed by atoms with van der Waals surface area (Å²) in [7, 11) is 0. The average molecular weight is 517 g/mol. The largest absolute Gasteiger partial charge is 0.345 e. The van der Waals surface area contributed by atoms with Gasteiger partial charge in [0.25, 0.3) is 5.92 Å². The summed E-state index contributed by atoms with van der Waals surface area (Å²) in [6, 6.07) is 8.22. The third-order valence-electron chi connectivity index (χ3n) is 7.50. The van der Waals surface area contributed by atoms with E-state index in [-0.39, 0.29) is 29.5 Å². The summed E-state index contributed by atoms with van der Waals surface area (Å²) in [5.41, 5.74) is 0.827. The number of hydrogen-bond acceptors (Lipinski definition) is 4. The van der Waals surface area contributed by atoms with Crippen molar-refractivity contribution in [3.63, 3.8) is 0 Å². The molecule has 5 nitrogen and oxygen atoms in total. The third-order valence-corrected chi connectivity index (χ3v) is 7.50. The summed E-state index contributed by atoms with van der Waals surface area (Å²) in [5, 5.41) is 12.4. The summed E-state index contributed by atoms with van der Waals surface area (Å²) in [5.74, 6) is -5.24. The van der Waals surface area contributed by atoms with E-state index in [2.05, 4.69) is 29.0 Å². The number of piperazine rings is 1. The quantitative estimate of drug-likeness (QED) is 0.564. The van der Waals surface area contributed by atoms with Gasteiger partial charge in [0.15, 0.2) is 0 Å².